The van der Waals surface area contributed by atoms with Gasteiger partial charge in [0.05, 0.1) is 11.9 Å². The zero-order chi connectivity index (χ0) is 24.9. The van der Waals surface area contributed by atoms with E-state index in [4.69, 9.17) is 0 Å². The maximum Gasteiger partial charge on any atom is 0.244 e. The van der Waals surface area contributed by atoms with E-state index >= 15 is 0 Å². The van der Waals surface area contributed by atoms with Crippen molar-refractivity contribution < 1.29 is 18.0 Å². The number of halogens is 1. The summed E-state index contributed by atoms with van der Waals surface area (Å²) >= 11 is 3.34. The van der Waals surface area contributed by atoms with Gasteiger partial charge in [0, 0.05) is 17.1 Å². The van der Waals surface area contributed by atoms with Crippen molar-refractivity contribution in [2.45, 2.75) is 58.2 Å². The van der Waals surface area contributed by atoms with Crippen LogP contribution in [0.4, 0.5) is 5.69 Å². The van der Waals surface area contributed by atoms with Gasteiger partial charge in [-0.3, -0.25) is 13.9 Å². The van der Waals surface area contributed by atoms with Crippen LogP contribution in [0.1, 0.15) is 43.7 Å². The van der Waals surface area contributed by atoms with Crippen LogP contribution < -0.4 is 9.62 Å². The van der Waals surface area contributed by atoms with Crippen molar-refractivity contribution in [2.75, 3.05) is 17.1 Å². The third-order valence-electron chi connectivity index (χ3n) is 6.14. The second-order valence-electron chi connectivity index (χ2n) is 8.92. The van der Waals surface area contributed by atoms with E-state index in [9.17, 15) is 18.0 Å². The minimum Gasteiger partial charge on any atom is -0.352 e. The van der Waals surface area contributed by atoms with Gasteiger partial charge in [-0.2, -0.15) is 0 Å². The first kappa shape index (κ1) is 26.2. The summed E-state index contributed by atoms with van der Waals surface area (Å²) in [6.07, 6.45) is 5.12. The quantitative estimate of drug-likeness (QED) is 0.512. The zero-order valence-electron chi connectivity index (χ0n) is 19.8. The molecule has 7 nitrogen and oxygen atoms in total. The smallest absolute Gasteiger partial charge is 0.244 e. The molecular formula is C25H32BrN3O4S. The lowest BCUT2D eigenvalue weighted by molar-refractivity contribution is -0.139. The molecule has 1 saturated carbocycles. The number of rotatable bonds is 9. The van der Waals surface area contributed by atoms with E-state index in [0.29, 0.717) is 5.69 Å². The van der Waals surface area contributed by atoms with E-state index in [1.54, 1.807) is 31.2 Å². The maximum absolute atomic E-state index is 13.5. The van der Waals surface area contributed by atoms with Gasteiger partial charge in [0.1, 0.15) is 12.6 Å². The van der Waals surface area contributed by atoms with Crippen LogP contribution in [0.15, 0.2) is 53.0 Å². The molecule has 1 unspecified atom stereocenters. The number of anilines is 1. The first-order chi connectivity index (χ1) is 16.0. The summed E-state index contributed by atoms with van der Waals surface area (Å²) in [4.78, 5) is 28.0. The molecule has 1 fully saturated rings. The molecule has 2 amide bonds. The molecule has 1 aliphatic rings. The van der Waals surface area contributed by atoms with Crippen molar-refractivity contribution in [1.29, 1.82) is 0 Å². The van der Waals surface area contributed by atoms with Gasteiger partial charge in [0.2, 0.25) is 21.8 Å². The van der Waals surface area contributed by atoms with Crippen LogP contribution >= 0.6 is 15.9 Å². The fourth-order valence-electron chi connectivity index (χ4n) is 4.09. The van der Waals surface area contributed by atoms with E-state index in [-0.39, 0.29) is 18.5 Å². The number of benzene rings is 2. The van der Waals surface area contributed by atoms with E-state index in [1.807, 2.05) is 31.2 Å². The number of carbonyl (C=O) groups excluding carboxylic acids is 2. The van der Waals surface area contributed by atoms with Crippen LogP contribution in [0.5, 0.6) is 0 Å². The lowest BCUT2D eigenvalue weighted by Crippen LogP contribution is -2.52. The predicted molar refractivity (Wildman–Crippen MR) is 138 cm³/mol. The first-order valence-corrected chi connectivity index (χ1v) is 14.1. The van der Waals surface area contributed by atoms with Gasteiger partial charge in [0.15, 0.2) is 0 Å². The molecule has 9 heteroatoms. The fraction of sp³-hybridized carbons (Fsp3) is 0.440. The van der Waals surface area contributed by atoms with Crippen molar-refractivity contribution in [1.82, 2.24) is 10.2 Å². The van der Waals surface area contributed by atoms with Gasteiger partial charge in [-0.05, 0) is 56.5 Å². The minimum absolute atomic E-state index is 0.126. The fourth-order valence-corrected chi connectivity index (χ4v) is 5.20. The van der Waals surface area contributed by atoms with E-state index in [0.717, 1.165) is 51.8 Å². The van der Waals surface area contributed by atoms with Crippen molar-refractivity contribution in [3.05, 3.63) is 64.1 Å². The molecule has 2 aromatic rings. The number of hydrogen-bond acceptors (Lipinski definition) is 4. The van der Waals surface area contributed by atoms with Crippen molar-refractivity contribution in [2.24, 2.45) is 0 Å². The van der Waals surface area contributed by atoms with Crippen molar-refractivity contribution in [3.63, 3.8) is 0 Å². The highest BCUT2D eigenvalue weighted by molar-refractivity contribution is 9.10. The third-order valence-corrected chi connectivity index (χ3v) is 7.81. The van der Waals surface area contributed by atoms with Crippen molar-refractivity contribution in [3.8, 4) is 0 Å². The zero-order valence-corrected chi connectivity index (χ0v) is 22.2. The van der Waals surface area contributed by atoms with Gasteiger partial charge < -0.3 is 10.2 Å². The summed E-state index contributed by atoms with van der Waals surface area (Å²) in [5.74, 6) is -0.662. The average Bonchev–Trinajstić information content (AvgIpc) is 3.29. The number of aryl methyl sites for hydroxylation is 1. The van der Waals surface area contributed by atoms with Gasteiger partial charge >= 0.3 is 0 Å². The van der Waals surface area contributed by atoms with E-state index in [2.05, 4.69) is 21.2 Å². The first-order valence-electron chi connectivity index (χ1n) is 11.4. The summed E-state index contributed by atoms with van der Waals surface area (Å²) < 4.78 is 27.0. The Morgan fingerprint density at radius 2 is 1.65 bits per heavy atom. The molecule has 0 bridgehead atoms. The van der Waals surface area contributed by atoms with Gasteiger partial charge in [-0.15, -0.1) is 0 Å². The highest BCUT2D eigenvalue weighted by Gasteiger charge is 2.31. The molecular weight excluding hydrogens is 518 g/mol. The lowest BCUT2D eigenvalue weighted by atomic mass is 10.1. The Kier molecular flexibility index (Phi) is 8.76. The Morgan fingerprint density at radius 1 is 1.06 bits per heavy atom. The van der Waals surface area contributed by atoms with Crippen LogP contribution in [0.25, 0.3) is 0 Å². The number of nitrogens with zero attached hydrogens (tertiary/aromatic N) is 2. The second-order valence-corrected chi connectivity index (χ2v) is 11.7. The summed E-state index contributed by atoms with van der Waals surface area (Å²) in [6, 6.07) is 13.8. The summed E-state index contributed by atoms with van der Waals surface area (Å²) in [6.45, 7) is 3.48. The molecule has 1 atom stereocenters. The summed E-state index contributed by atoms with van der Waals surface area (Å²) in [7, 11) is -3.73. The molecule has 0 aliphatic heterocycles. The number of carbonyl (C=O) groups is 2. The molecule has 0 aromatic heterocycles. The largest absolute Gasteiger partial charge is 0.352 e. The van der Waals surface area contributed by atoms with Crippen LogP contribution in [-0.2, 0) is 26.2 Å². The Hall–Kier alpha value is -2.39. The summed E-state index contributed by atoms with van der Waals surface area (Å²) in [5, 5.41) is 3.06. The molecule has 0 spiro atoms. The van der Waals surface area contributed by atoms with Gasteiger partial charge in [-0.1, -0.05) is 58.6 Å². The number of sulfonamides is 1. The normalized spacial score (nSPS) is 15.1. The second kappa shape index (κ2) is 11.4. The van der Waals surface area contributed by atoms with Crippen LogP contribution in [0.3, 0.4) is 0 Å². The third kappa shape index (κ3) is 7.06. The number of amides is 2. The topological polar surface area (TPSA) is 86.8 Å². The molecule has 3 rings (SSSR count). The van der Waals surface area contributed by atoms with E-state index < -0.39 is 28.5 Å². The highest BCUT2D eigenvalue weighted by Crippen LogP contribution is 2.22. The maximum atomic E-state index is 13.5. The molecule has 2 aromatic carbocycles. The van der Waals surface area contributed by atoms with Crippen LogP contribution in [-0.4, -0.2) is 50.0 Å². The standard InChI is InChI=1S/C25H32BrN3O4S/c1-18-8-10-20(11-9-18)16-28(19(2)25(31)27-22-6-4-5-7-22)24(30)17-29(34(3,32)33)23-14-12-21(26)13-15-23/h8-15,19,22H,4-7,16-17H2,1-3H3,(H,27,31). The monoisotopic (exact) mass is 549 g/mol. The lowest BCUT2D eigenvalue weighted by Gasteiger charge is -2.32. The average molecular weight is 551 g/mol. The van der Waals surface area contributed by atoms with Gasteiger partial charge in [0.25, 0.3) is 0 Å². The SMILES string of the molecule is Cc1ccc(CN(C(=O)CN(c2ccc(Br)cc2)S(C)(=O)=O)C(C)C(=O)NC2CCCC2)cc1. The molecule has 0 heterocycles. The molecule has 0 radical (unpaired) electrons. The molecule has 184 valence electrons. The van der Waals surface area contributed by atoms with Crippen molar-refractivity contribution >= 4 is 43.5 Å². The van der Waals surface area contributed by atoms with E-state index in [1.165, 1.54) is 4.90 Å². The number of nitrogens with one attached hydrogen (secondary N) is 1. The molecule has 0 saturated heterocycles. The molecule has 34 heavy (non-hydrogen) atoms. The number of hydrogen-bond donors (Lipinski definition) is 1. The minimum atomic E-state index is -3.73. The molecule has 1 N–H and O–H groups in total. The Bertz CT molecular complexity index is 1100. The van der Waals surface area contributed by atoms with Crippen LogP contribution in [0, 0.1) is 6.92 Å². The Morgan fingerprint density at radius 3 is 2.21 bits per heavy atom. The Balaban J connectivity index is 1.86. The Labute approximate surface area is 210 Å². The molecule has 1 aliphatic carbocycles. The van der Waals surface area contributed by atoms with Crippen LogP contribution in [0.2, 0.25) is 0 Å². The predicted octanol–water partition coefficient (Wildman–Crippen LogP) is 4.00. The summed E-state index contributed by atoms with van der Waals surface area (Å²) in [5.41, 5.74) is 2.35. The highest BCUT2D eigenvalue weighted by atomic mass is 79.9. The van der Waals surface area contributed by atoms with Gasteiger partial charge in [-0.25, -0.2) is 8.42 Å².